The topological polar surface area (TPSA) is 76.9 Å². The fourth-order valence-corrected chi connectivity index (χ4v) is 4.43. The zero-order valence-electron chi connectivity index (χ0n) is 14.8. The lowest BCUT2D eigenvalue weighted by atomic mass is 10.1. The summed E-state index contributed by atoms with van der Waals surface area (Å²) in [6.45, 7) is 11.8. The zero-order valence-corrected chi connectivity index (χ0v) is 16.4. The van der Waals surface area contributed by atoms with Crippen LogP contribution >= 0.6 is 23.1 Å². The van der Waals surface area contributed by atoms with Gasteiger partial charge in [0.05, 0.1) is 5.75 Å². The summed E-state index contributed by atoms with van der Waals surface area (Å²) in [6.07, 6.45) is 0. The van der Waals surface area contributed by atoms with Crippen molar-refractivity contribution in [3.05, 3.63) is 23.0 Å². The van der Waals surface area contributed by atoms with Crippen molar-refractivity contribution in [2.24, 2.45) is 0 Å². The van der Waals surface area contributed by atoms with Crippen molar-refractivity contribution in [2.75, 3.05) is 11.1 Å². The molecule has 0 saturated carbocycles. The number of nitrogens with zero attached hydrogens (tertiary/aromatic N) is 3. The van der Waals surface area contributed by atoms with E-state index in [1.54, 1.807) is 0 Å². The van der Waals surface area contributed by atoms with Crippen LogP contribution in [0.5, 0.6) is 0 Å². The molecule has 2 rings (SSSR count). The summed E-state index contributed by atoms with van der Waals surface area (Å²) < 4.78 is 2.85. The molecule has 0 aliphatic carbocycles. The minimum Gasteiger partial charge on any atom is -0.343 e. The van der Waals surface area contributed by atoms with Gasteiger partial charge in [-0.1, -0.05) is 23.1 Å². The quantitative estimate of drug-likeness (QED) is 0.496. The van der Waals surface area contributed by atoms with Gasteiger partial charge in [0.2, 0.25) is 11.0 Å². The van der Waals surface area contributed by atoms with E-state index < -0.39 is 0 Å². The SMILES string of the molecule is CC(=O)Nc1nnc(SCC(=O)c2cc(C)n(C(C)(C)C)c2C)s1. The molecule has 1 N–H and O–H groups in total. The van der Waals surface area contributed by atoms with Crippen LogP contribution in [0.4, 0.5) is 5.13 Å². The van der Waals surface area contributed by atoms with E-state index in [0.717, 1.165) is 17.0 Å². The summed E-state index contributed by atoms with van der Waals surface area (Å²) in [4.78, 5) is 23.6. The Bertz CT molecular complexity index is 772. The number of Topliss-reactive ketones (excluding diaryl/α,β-unsaturated/α-hetero) is 1. The van der Waals surface area contributed by atoms with Crippen molar-refractivity contribution < 1.29 is 9.59 Å². The van der Waals surface area contributed by atoms with E-state index in [0.29, 0.717) is 15.2 Å². The van der Waals surface area contributed by atoms with Gasteiger partial charge in [-0.15, -0.1) is 10.2 Å². The Kier molecular flexibility index (Phi) is 5.49. The number of nitrogens with one attached hydrogen (secondary N) is 1. The maximum absolute atomic E-state index is 12.6. The maximum Gasteiger partial charge on any atom is 0.223 e. The fraction of sp³-hybridized carbons (Fsp3) is 0.500. The lowest BCUT2D eigenvalue weighted by Crippen LogP contribution is -2.24. The average Bonchev–Trinajstić information content (AvgIpc) is 2.99. The van der Waals surface area contributed by atoms with E-state index in [1.165, 1.54) is 30.0 Å². The van der Waals surface area contributed by atoms with Crippen molar-refractivity contribution in [3.63, 3.8) is 0 Å². The number of anilines is 1. The molecule has 0 unspecified atom stereocenters. The van der Waals surface area contributed by atoms with Crippen LogP contribution in [0, 0.1) is 13.8 Å². The number of carbonyl (C=O) groups is 2. The molecule has 2 aromatic rings. The Morgan fingerprint density at radius 2 is 1.96 bits per heavy atom. The first-order valence-corrected chi connectivity index (χ1v) is 9.36. The van der Waals surface area contributed by atoms with Crippen LogP contribution in [0.25, 0.3) is 0 Å². The predicted molar refractivity (Wildman–Crippen MR) is 98.2 cm³/mol. The number of hydrogen-bond donors (Lipinski definition) is 1. The van der Waals surface area contributed by atoms with Crippen LogP contribution in [0.15, 0.2) is 10.4 Å². The molecular weight excluding hydrogens is 344 g/mol. The van der Waals surface area contributed by atoms with E-state index in [2.05, 4.69) is 40.9 Å². The van der Waals surface area contributed by atoms with Crippen LogP contribution in [0.1, 0.15) is 49.4 Å². The molecule has 0 bridgehead atoms. The van der Waals surface area contributed by atoms with Gasteiger partial charge in [0.15, 0.2) is 10.1 Å². The number of amides is 1. The van der Waals surface area contributed by atoms with Crippen LogP contribution in [0.3, 0.4) is 0 Å². The molecule has 0 radical (unpaired) electrons. The number of aromatic nitrogens is 3. The molecule has 24 heavy (non-hydrogen) atoms. The summed E-state index contributed by atoms with van der Waals surface area (Å²) in [6, 6.07) is 1.95. The summed E-state index contributed by atoms with van der Waals surface area (Å²) in [5.41, 5.74) is 2.76. The van der Waals surface area contributed by atoms with E-state index in [-0.39, 0.29) is 17.2 Å². The highest BCUT2D eigenvalue weighted by molar-refractivity contribution is 8.01. The maximum atomic E-state index is 12.6. The fourth-order valence-electron chi connectivity index (χ4n) is 2.75. The Morgan fingerprint density at radius 3 is 2.50 bits per heavy atom. The van der Waals surface area contributed by atoms with Gasteiger partial charge >= 0.3 is 0 Å². The second-order valence-electron chi connectivity index (χ2n) is 6.56. The molecule has 2 aromatic heterocycles. The first-order chi connectivity index (χ1) is 11.1. The first-order valence-electron chi connectivity index (χ1n) is 7.56. The molecule has 0 fully saturated rings. The number of thioether (sulfide) groups is 1. The monoisotopic (exact) mass is 366 g/mol. The summed E-state index contributed by atoms with van der Waals surface area (Å²) in [7, 11) is 0. The van der Waals surface area contributed by atoms with Crippen LogP contribution < -0.4 is 5.32 Å². The van der Waals surface area contributed by atoms with Gasteiger partial charge in [-0.3, -0.25) is 9.59 Å². The lowest BCUT2D eigenvalue weighted by molar-refractivity contribution is -0.114. The van der Waals surface area contributed by atoms with Crippen LogP contribution in [0.2, 0.25) is 0 Å². The Hall–Kier alpha value is -1.67. The van der Waals surface area contributed by atoms with Crippen molar-refractivity contribution in [1.82, 2.24) is 14.8 Å². The van der Waals surface area contributed by atoms with Crippen molar-refractivity contribution >= 4 is 39.9 Å². The Balaban J connectivity index is 2.08. The minimum atomic E-state index is -0.187. The standard InChI is InChI=1S/C16H22N4O2S2/c1-9-7-12(10(2)20(9)16(4,5)6)13(22)8-23-15-19-18-14(24-15)17-11(3)21/h7H,8H2,1-6H3,(H,17,18,21). The Labute approximate surface area is 150 Å². The molecule has 0 aromatic carbocycles. The Morgan fingerprint density at radius 1 is 1.29 bits per heavy atom. The molecular formula is C16H22N4O2S2. The predicted octanol–water partition coefficient (Wildman–Crippen LogP) is 3.64. The molecule has 1 amide bonds. The van der Waals surface area contributed by atoms with Gasteiger partial charge in [-0.2, -0.15) is 0 Å². The third kappa shape index (κ3) is 4.24. The summed E-state index contributed by atoms with van der Waals surface area (Å²) in [5, 5.41) is 10.9. The zero-order chi connectivity index (χ0) is 18.1. The summed E-state index contributed by atoms with van der Waals surface area (Å²) >= 11 is 2.60. The van der Waals surface area contributed by atoms with Crippen molar-refractivity contribution in [1.29, 1.82) is 0 Å². The molecule has 0 aliphatic heterocycles. The second kappa shape index (κ2) is 7.06. The van der Waals surface area contributed by atoms with Crippen molar-refractivity contribution in [3.8, 4) is 0 Å². The number of carbonyl (C=O) groups excluding carboxylic acids is 2. The molecule has 2 heterocycles. The van der Waals surface area contributed by atoms with Crippen LogP contribution in [-0.2, 0) is 10.3 Å². The highest BCUT2D eigenvalue weighted by atomic mass is 32.2. The number of ketones is 1. The van der Waals surface area contributed by atoms with Gasteiger partial charge in [-0.05, 0) is 40.7 Å². The second-order valence-corrected chi connectivity index (χ2v) is 8.76. The van der Waals surface area contributed by atoms with E-state index in [9.17, 15) is 9.59 Å². The molecule has 0 aliphatic rings. The molecule has 0 spiro atoms. The first kappa shape index (κ1) is 18.7. The van der Waals surface area contributed by atoms with E-state index >= 15 is 0 Å². The minimum absolute atomic E-state index is 0.0632. The van der Waals surface area contributed by atoms with Gasteiger partial charge in [0.1, 0.15) is 0 Å². The van der Waals surface area contributed by atoms with E-state index in [1.807, 2.05) is 19.9 Å². The highest BCUT2D eigenvalue weighted by Gasteiger charge is 2.23. The summed E-state index contributed by atoms with van der Waals surface area (Å²) in [5.74, 6) is 0.177. The lowest BCUT2D eigenvalue weighted by Gasteiger charge is -2.25. The number of aryl methyl sites for hydroxylation is 1. The largest absolute Gasteiger partial charge is 0.343 e. The van der Waals surface area contributed by atoms with Gasteiger partial charge in [0.25, 0.3) is 0 Å². The van der Waals surface area contributed by atoms with Gasteiger partial charge < -0.3 is 9.88 Å². The van der Waals surface area contributed by atoms with Crippen molar-refractivity contribution in [2.45, 2.75) is 51.4 Å². The highest BCUT2D eigenvalue weighted by Crippen LogP contribution is 2.28. The normalized spacial score (nSPS) is 11.6. The molecule has 0 atom stereocenters. The molecule has 8 heteroatoms. The molecule has 130 valence electrons. The number of rotatable bonds is 5. The smallest absolute Gasteiger partial charge is 0.223 e. The average molecular weight is 367 g/mol. The van der Waals surface area contributed by atoms with E-state index in [4.69, 9.17) is 0 Å². The van der Waals surface area contributed by atoms with Gasteiger partial charge in [-0.25, -0.2) is 0 Å². The molecule has 0 saturated heterocycles. The van der Waals surface area contributed by atoms with Crippen LogP contribution in [-0.4, -0.2) is 32.2 Å². The van der Waals surface area contributed by atoms with Gasteiger partial charge in [0, 0.05) is 29.4 Å². The molecule has 6 nitrogen and oxygen atoms in total. The third-order valence-corrected chi connectivity index (χ3v) is 5.39. The third-order valence-electron chi connectivity index (χ3n) is 3.42. The number of hydrogen-bond acceptors (Lipinski definition) is 6.